The van der Waals surface area contributed by atoms with Crippen LogP contribution in [0.3, 0.4) is 0 Å². The van der Waals surface area contributed by atoms with Gasteiger partial charge in [-0.05, 0) is 157 Å². The molecule has 0 saturated heterocycles. The molecule has 12 nitrogen and oxygen atoms in total. The first kappa shape index (κ1) is 118. The predicted octanol–water partition coefficient (Wildman–Crippen LogP) is 34.6. The first-order valence-electron chi connectivity index (χ1n) is 48.5. The van der Waals surface area contributed by atoms with Gasteiger partial charge in [-0.25, -0.2) is 0 Å². The van der Waals surface area contributed by atoms with E-state index in [9.17, 15) is 34.2 Å². The molecule has 0 aromatic heterocycles. The molecule has 1 unspecified atom stereocenters. The Balaban J connectivity index is 0.000000441. The number of rotatable bonds is 18. The van der Waals surface area contributed by atoms with Crippen LogP contribution in [0.25, 0.3) is 121 Å². The maximum atomic E-state index is 12.4. The Kier molecular flexibility index (Phi) is 55.2. The highest BCUT2D eigenvalue weighted by Gasteiger charge is 2.24. The van der Waals surface area contributed by atoms with E-state index in [4.69, 9.17) is 11.5 Å². The summed E-state index contributed by atoms with van der Waals surface area (Å²) in [5.74, 6) is -0.328. The van der Waals surface area contributed by atoms with Crippen molar-refractivity contribution in [2.75, 3.05) is 22.1 Å². The maximum Gasteiger partial charge on any atom is 0.304 e. The summed E-state index contributed by atoms with van der Waals surface area (Å²) in [4.78, 5) is 44.8. The number of hydrogen-bond acceptors (Lipinski definition) is 10. The Morgan fingerprint density at radius 1 is 0.302 bits per heavy atom. The Bertz CT molecular complexity index is 6420. The second kappa shape index (κ2) is 65.2. The predicted molar refractivity (Wildman–Crippen MR) is 601 cm³/mol. The molecule has 18 rings (SSSR count). The molecule has 0 aliphatic heterocycles. The van der Waals surface area contributed by atoms with Crippen molar-refractivity contribution in [2.24, 2.45) is 0 Å². The monoisotopic (exact) mass is 1860 g/mol. The fourth-order valence-electron chi connectivity index (χ4n) is 15.1. The van der Waals surface area contributed by atoms with E-state index < -0.39 is 27.3 Å². The van der Waals surface area contributed by atoms with Crippen LogP contribution in [0.15, 0.2) is 410 Å². The number of benzene rings is 18. The molecule has 0 bridgehead atoms. The number of para-hydroxylation sites is 5. The number of nitrogens with zero attached hydrogens (tertiary/aromatic N) is 2. The number of nitro benzene ring substituents is 2. The highest BCUT2D eigenvalue weighted by molar-refractivity contribution is 6.22. The zero-order chi connectivity index (χ0) is 101. The molecule has 0 heterocycles. The topological polar surface area (TPSA) is 197 Å². The molecular weight excluding hydrogens is 1720 g/mol. The van der Waals surface area contributed by atoms with Crippen LogP contribution >= 0.6 is 0 Å². The third kappa shape index (κ3) is 32.1. The van der Waals surface area contributed by atoms with Crippen molar-refractivity contribution in [1.29, 1.82) is 0 Å². The summed E-state index contributed by atoms with van der Waals surface area (Å²) >= 11 is 0. The van der Waals surface area contributed by atoms with Crippen molar-refractivity contribution in [3.63, 3.8) is 0 Å². The first-order valence-corrected chi connectivity index (χ1v) is 48.5. The van der Waals surface area contributed by atoms with Crippen LogP contribution in [-0.2, 0) is 0 Å². The number of nitrogens with two attached hydrogens (primary N) is 2. The van der Waals surface area contributed by atoms with Gasteiger partial charge in [0.1, 0.15) is 5.69 Å². The molecule has 724 valence electrons. The van der Waals surface area contributed by atoms with Gasteiger partial charge in [-0.1, -0.05) is 480 Å². The van der Waals surface area contributed by atoms with Gasteiger partial charge >= 0.3 is 5.69 Å². The van der Waals surface area contributed by atoms with Crippen LogP contribution in [0, 0.1) is 26.0 Å². The van der Waals surface area contributed by atoms with Crippen LogP contribution in [0.5, 0.6) is 0 Å². The van der Waals surface area contributed by atoms with Crippen molar-refractivity contribution in [3.05, 3.63) is 452 Å². The number of nitrogen functional groups attached to an aromatic ring is 2. The van der Waals surface area contributed by atoms with E-state index in [1.807, 2.05) is 276 Å². The summed E-state index contributed by atoms with van der Waals surface area (Å²) in [6.07, 6.45) is 3.41. The van der Waals surface area contributed by atoms with E-state index in [0.717, 1.165) is 137 Å². The quantitative estimate of drug-likeness (QED) is 0.0211. The van der Waals surface area contributed by atoms with E-state index in [1.54, 1.807) is 30.3 Å². The number of anilines is 6. The summed E-state index contributed by atoms with van der Waals surface area (Å²) in [7, 11) is 0. The number of nitro groups is 2. The van der Waals surface area contributed by atoms with Crippen LogP contribution < -0.4 is 37.7 Å². The number of hydrogen-bond donors (Lipinski definition) is 4. The molecule has 0 saturated carbocycles. The summed E-state index contributed by atoms with van der Waals surface area (Å²) in [5.41, 5.74) is 35.9. The zero-order valence-electron chi connectivity index (χ0n) is 84.1. The maximum absolute atomic E-state index is 12.4. The zero-order valence-corrected chi connectivity index (χ0v) is 84.1. The third-order valence-electron chi connectivity index (χ3n) is 21.0. The van der Waals surface area contributed by atoms with E-state index in [-0.39, 0.29) is 22.7 Å². The third-order valence-corrected chi connectivity index (χ3v) is 21.0. The molecular formula is C125H143F2N6O6-. The number of halogens is 2. The summed E-state index contributed by atoms with van der Waals surface area (Å²) < 4.78 is 12.4. The second-order valence-electron chi connectivity index (χ2n) is 28.6. The Morgan fingerprint density at radius 3 is 0.892 bits per heavy atom. The Morgan fingerprint density at radius 2 is 0.576 bits per heavy atom. The SMILES string of the molecule is C.CC.CC.CC.CC.CC.CC.CC.CC.CC.CCCC(CC)c1cc(-c2ccccc2)cc(-c2ccccc2)c1Nc1ccccc1N.Nc1c(-c2ccccc2)cc(-c2ccccc2)cc1-c1ccccc1.O=[N+]([O-])c1ccccc1F.O=[N+]([O-])c1ccccc1Nc1c(-c2ccccc2)cc(-c2ccccc2)cc1-c1ccccc1.O=c1c(=O)c2cccc3ccc4cccc1c4c32.[F-]. The summed E-state index contributed by atoms with van der Waals surface area (Å²) in [6, 6.07) is 131. The summed E-state index contributed by atoms with van der Waals surface area (Å²) in [5, 5.41) is 33.8. The lowest BCUT2D eigenvalue weighted by molar-refractivity contribution is -0.387. The van der Waals surface area contributed by atoms with Crippen LogP contribution in [-0.4, -0.2) is 9.85 Å². The molecule has 14 heteroatoms. The van der Waals surface area contributed by atoms with Gasteiger partial charge in [0.15, 0.2) is 0 Å². The first-order chi connectivity index (χ1) is 67.2. The minimum absolute atomic E-state index is 0. The lowest BCUT2D eigenvalue weighted by Crippen LogP contribution is -3.00. The van der Waals surface area contributed by atoms with Gasteiger partial charge in [0, 0.05) is 72.9 Å². The Labute approximate surface area is 826 Å². The smallest absolute Gasteiger partial charge is 0.304 e. The van der Waals surface area contributed by atoms with Gasteiger partial charge in [0.05, 0.1) is 26.9 Å². The second-order valence-corrected chi connectivity index (χ2v) is 28.6. The van der Waals surface area contributed by atoms with Crippen molar-refractivity contribution < 1.29 is 18.9 Å². The van der Waals surface area contributed by atoms with Gasteiger partial charge in [0.2, 0.25) is 16.7 Å². The van der Waals surface area contributed by atoms with Gasteiger partial charge in [-0.3, -0.25) is 29.8 Å². The van der Waals surface area contributed by atoms with Gasteiger partial charge < -0.3 is 26.8 Å². The van der Waals surface area contributed by atoms with Crippen LogP contribution in [0.4, 0.5) is 49.9 Å². The normalized spacial score (nSPS) is 9.79. The van der Waals surface area contributed by atoms with Crippen molar-refractivity contribution in [1.82, 2.24) is 0 Å². The minimum Gasteiger partial charge on any atom is -1.00 e. The van der Waals surface area contributed by atoms with Gasteiger partial charge in [0.25, 0.3) is 5.69 Å². The van der Waals surface area contributed by atoms with Crippen LogP contribution in [0.1, 0.15) is 177 Å². The van der Waals surface area contributed by atoms with E-state index in [2.05, 4.69) is 213 Å². The standard InChI is InChI=1S/C30H22N2O2.C30H32N2.C24H19N.C16H8O2.C6H4FNO2.9C2H6.CH4.FH/c33-32(34)29-19-11-10-18-28(29)31-30-26(23-14-6-2-7-15-23)20-25(22-12-4-1-5-13-22)21-27(30)24-16-8-3-9-17-24;1-3-13-22(4-2)26-20-25(23-14-7-5-8-15-23)21-27(24-16-9-6-10-17-24)30(26)32-29-19-12-11-18-28(29)31;25-24-22(19-12-6-2-7-13-19)16-21(18-10-4-1-5-11-18)17-23(24)20-14-8-3-9-15-20;17-15-11-5-1-3-9-7-8-10-4-2-6-12(16(15)18)14(10)13(9)11;7-5-3-1-2-4-6(5)8(9)10;9*1-2;;/h1-21,31H;5-12,14-22,32H,3-4,13,31H2,1-2H3;1-17H,25H2;1-8H;1-4H;9*1-2H3;1H4;1H/p-1. The number of nitrogens with one attached hydrogen (secondary N) is 2. The lowest BCUT2D eigenvalue weighted by atomic mass is 9.85. The molecule has 18 aromatic carbocycles. The fourth-order valence-corrected chi connectivity index (χ4v) is 15.1. The molecule has 139 heavy (non-hydrogen) atoms. The molecule has 1 atom stereocenters. The van der Waals surface area contributed by atoms with Gasteiger partial charge in [-0.2, -0.15) is 4.39 Å². The molecule has 0 aliphatic rings. The summed E-state index contributed by atoms with van der Waals surface area (Å²) in [6.45, 7) is 40.6. The largest absolute Gasteiger partial charge is 1.00 e. The highest BCUT2D eigenvalue weighted by Crippen LogP contribution is 2.47. The molecule has 18 aromatic rings. The van der Waals surface area contributed by atoms with Crippen molar-refractivity contribution >= 4 is 77.8 Å². The molecule has 0 spiro atoms. The van der Waals surface area contributed by atoms with Crippen LogP contribution in [0.2, 0.25) is 0 Å². The van der Waals surface area contributed by atoms with E-state index in [1.165, 1.54) is 57.1 Å². The minimum atomic E-state index is -0.799. The van der Waals surface area contributed by atoms with E-state index in [0.29, 0.717) is 22.4 Å². The fraction of sp³-hybridized carbons (Fsp3) is 0.200. The molecule has 0 aliphatic carbocycles. The van der Waals surface area contributed by atoms with Crippen molar-refractivity contribution in [2.45, 2.75) is 171 Å². The van der Waals surface area contributed by atoms with Crippen molar-refractivity contribution in [3.8, 4) is 89.0 Å². The Hall–Kier alpha value is -15.5. The average Bonchev–Trinajstić information content (AvgIpc) is 0.729. The molecule has 0 amide bonds. The highest BCUT2D eigenvalue weighted by atomic mass is 19.1. The molecule has 6 N–H and O–H groups in total. The van der Waals surface area contributed by atoms with E-state index >= 15 is 0 Å². The van der Waals surface area contributed by atoms with Gasteiger partial charge in [-0.15, -0.1) is 0 Å². The lowest BCUT2D eigenvalue weighted by Gasteiger charge is -2.25. The molecule has 0 fully saturated rings. The molecule has 0 radical (unpaired) electrons. The average molecular weight is 1860 g/mol.